The van der Waals surface area contributed by atoms with Gasteiger partial charge in [0.15, 0.2) is 0 Å². The zero-order valence-corrected chi connectivity index (χ0v) is 13.6. The third kappa shape index (κ3) is 4.31. The van der Waals surface area contributed by atoms with Gasteiger partial charge in [0.25, 0.3) is 10.0 Å². The van der Waals surface area contributed by atoms with Crippen molar-refractivity contribution in [3.05, 3.63) is 47.6 Å². The lowest BCUT2D eigenvalue weighted by Gasteiger charge is -2.21. The molecule has 2 aromatic rings. The van der Waals surface area contributed by atoms with Crippen LogP contribution in [0.1, 0.15) is 12.0 Å². The van der Waals surface area contributed by atoms with Crippen LogP contribution in [-0.4, -0.2) is 29.2 Å². The summed E-state index contributed by atoms with van der Waals surface area (Å²) in [4.78, 5) is 4.31. The molecule has 0 amide bonds. The molecular formula is C13H15N3O2S3. The van der Waals surface area contributed by atoms with Crippen LogP contribution in [-0.2, 0) is 16.6 Å². The summed E-state index contributed by atoms with van der Waals surface area (Å²) in [6.07, 6.45) is 3.65. The van der Waals surface area contributed by atoms with E-state index in [-0.39, 0.29) is 13.1 Å². The van der Waals surface area contributed by atoms with Crippen LogP contribution in [0.15, 0.2) is 46.2 Å². The van der Waals surface area contributed by atoms with Gasteiger partial charge in [-0.3, -0.25) is 4.98 Å². The number of hydrogen-bond donors (Lipinski definition) is 1. The van der Waals surface area contributed by atoms with Crippen molar-refractivity contribution in [2.45, 2.75) is 17.2 Å². The molecule has 0 bridgehead atoms. The number of nitrogens with two attached hydrogens (primary N) is 1. The highest BCUT2D eigenvalue weighted by Gasteiger charge is 2.25. The number of rotatable bonds is 7. The fourth-order valence-electron chi connectivity index (χ4n) is 1.75. The van der Waals surface area contributed by atoms with Crippen LogP contribution in [0.25, 0.3) is 0 Å². The minimum Gasteiger partial charge on any atom is -0.393 e. The number of pyridine rings is 1. The minimum atomic E-state index is -3.54. The molecule has 5 nitrogen and oxygen atoms in total. The molecule has 0 saturated carbocycles. The SMILES string of the molecule is NC(=S)CCN(Cc1cccnc1)S(=O)(=O)c1cccs1. The van der Waals surface area contributed by atoms with Crippen LogP contribution in [0.4, 0.5) is 0 Å². The summed E-state index contributed by atoms with van der Waals surface area (Å²) >= 11 is 6.04. The van der Waals surface area contributed by atoms with E-state index < -0.39 is 10.0 Å². The normalized spacial score (nSPS) is 11.7. The molecule has 0 unspecified atom stereocenters. The Morgan fingerprint density at radius 3 is 2.76 bits per heavy atom. The lowest BCUT2D eigenvalue weighted by Crippen LogP contribution is -2.33. The average molecular weight is 341 g/mol. The first kappa shape index (κ1) is 16.0. The first-order valence-corrected chi connectivity index (χ1v) is 8.94. The Morgan fingerprint density at radius 2 is 2.19 bits per heavy atom. The van der Waals surface area contributed by atoms with Crippen LogP contribution in [0.3, 0.4) is 0 Å². The fourth-order valence-corrected chi connectivity index (χ4v) is 4.42. The molecule has 0 saturated heterocycles. The number of aromatic nitrogens is 1. The molecule has 2 aromatic heterocycles. The topological polar surface area (TPSA) is 76.3 Å². The second-order valence-electron chi connectivity index (χ2n) is 4.35. The summed E-state index contributed by atoms with van der Waals surface area (Å²) in [5, 5.41) is 1.74. The van der Waals surface area contributed by atoms with E-state index in [1.807, 2.05) is 6.07 Å². The molecule has 0 fully saturated rings. The second-order valence-corrected chi connectivity index (χ2v) is 7.99. The average Bonchev–Trinajstić information content (AvgIpc) is 2.99. The standard InChI is InChI=1S/C13H15N3O2S3/c14-12(19)5-7-16(10-11-3-1-6-15-9-11)21(17,18)13-4-2-8-20-13/h1-4,6,8-9H,5,7,10H2,(H2,14,19). The smallest absolute Gasteiger partial charge is 0.252 e. The highest BCUT2D eigenvalue weighted by atomic mass is 32.2. The molecular weight excluding hydrogens is 326 g/mol. The van der Waals surface area contributed by atoms with Crippen LogP contribution in [0.2, 0.25) is 0 Å². The van der Waals surface area contributed by atoms with E-state index in [0.717, 1.165) is 5.56 Å². The van der Waals surface area contributed by atoms with E-state index in [4.69, 9.17) is 18.0 Å². The quantitative estimate of drug-likeness (QED) is 0.780. The van der Waals surface area contributed by atoms with Crippen LogP contribution in [0.5, 0.6) is 0 Å². The van der Waals surface area contributed by atoms with Gasteiger partial charge in [0, 0.05) is 31.9 Å². The summed E-state index contributed by atoms with van der Waals surface area (Å²) in [5.41, 5.74) is 6.32. The number of thiophene rings is 1. The van der Waals surface area contributed by atoms with E-state index in [1.165, 1.54) is 15.6 Å². The molecule has 0 aliphatic heterocycles. The predicted molar refractivity (Wildman–Crippen MR) is 87.6 cm³/mol. The Kier molecular flexibility index (Phi) is 5.40. The van der Waals surface area contributed by atoms with Gasteiger partial charge in [-0.05, 0) is 23.1 Å². The third-order valence-electron chi connectivity index (χ3n) is 2.78. The Bertz CT molecular complexity index is 685. The van der Waals surface area contributed by atoms with Crippen molar-refractivity contribution in [3.8, 4) is 0 Å². The van der Waals surface area contributed by atoms with Gasteiger partial charge in [-0.15, -0.1) is 11.3 Å². The number of thiocarbonyl (C=S) groups is 1. The maximum absolute atomic E-state index is 12.6. The molecule has 0 aliphatic rings. The van der Waals surface area contributed by atoms with Crippen LogP contribution < -0.4 is 5.73 Å². The molecule has 2 N–H and O–H groups in total. The molecule has 0 aromatic carbocycles. The summed E-state index contributed by atoms with van der Waals surface area (Å²) in [5.74, 6) is 0. The molecule has 2 heterocycles. The van der Waals surface area contributed by atoms with E-state index in [9.17, 15) is 8.42 Å². The van der Waals surface area contributed by atoms with Crippen molar-refractivity contribution in [2.75, 3.05) is 6.54 Å². The van der Waals surface area contributed by atoms with Gasteiger partial charge in [0.05, 0.1) is 4.99 Å². The summed E-state index contributed by atoms with van der Waals surface area (Å²) in [7, 11) is -3.54. The predicted octanol–water partition coefficient (Wildman–Crippen LogP) is 2.01. The molecule has 0 spiro atoms. The van der Waals surface area contributed by atoms with Crippen LogP contribution >= 0.6 is 23.6 Å². The first-order valence-electron chi connectivity index (χ1n) is 6.21. The maximum Gasteiger partial charge on any atom is 0.252 e. The summed E-state index contributed by atoms with van der Waals surface area (Å²) in [6, 6.07) is 6.92. The van der Waals surface area contributed by atoms with E-state index in [2.05, 4.69) is 4.98 Å². The minimum absolute atomic E-state index is 0.247. The molecule has 0 radical (unpaired) electrons. The van der Waals surface area contributed by atoms with Crippen molar-refractivity contribution in [1.82, 2.24) is 9.29 Å². The zero-order chi connectivity index (χ0) is 15.3. The van der Waals surface area contributed by atoms with Crippen molar-refractivity contribution < 1.29 is 8.42 Å². The van der Waals surface area contributed by atoms with Gasteiger partial charge in [-0.25, -0.2) is 8.42 Å². The lowest BCUT2D eigenvalue weighted by atomic mass is 10.3. The summed E-state index contributed by atoms with van der Waals surface area (Å²) in [6.45, 7) is 0.501. The highest BCUT2D eigenvalue weighted by Crippen LogP contribution is 2.22. The Balaban J connectivity index is 2.25. The molecule has 0 atom stereocenters. The van der Waals surface area contributed by atoms with E-state index in [0.29, 0.717) is 15.6 Å². The maximum atomic E-state index is 12.6. The van der Waals surface area contributed by atoms with Crippen LogP contribution in [0, 0.1) is 0 Å². The molecule has 2 rings (SSSR count). The highest BCUT2D eigenvalue weighted by molar-refractivity contribution is 7.91. The van der Waals surface area contributed by atoms with E-state index >= 15 is 0 Å². The van der Waals surface area contributed by atoms with Crippen molar-refractivity contribution in [1.29, 1.82) is 0 Å². The largest absolute Gasteiger partial charge is 0.393 e. The lowest BCUT2D eigenvalue weighted by molar-refractivity contribution is 0.416. The number of nitrogens with zero attached hydrogens (tertiary/aromatic N) is 2. The number of sulfonamides is 1. The Hall–Kier alpha value is -1.35. The van der Waals surface area contributed by atoms with Gasteiger partial charge in [0.2, 0.25) is 0 Å². The second kappa shape index (κ2) is 7.08. The summed E-state index contributed by atoms with van der Waals surface area (Å²) < 4.78 is 27.0. The van der Waals surface area contributed by atoms with Gasteiger partial charge < -0.3 is 5.73 Å². The molecule has 112 valence electrons. The van der Waals surface area contributed by atoms with Gasteiger partial charge >= 0.3 is 0 Å². The molecule has 8 heteroatoms. The molecule has 21 heavy (non-hydrogen) atoms. The first-order chi connectivity index (χ1) is 10.00. The van der Waals surface area contributed by atoms with Crippen molar-refractivity contribution in [3.63, 3.8) is 0 Å². The fraction of sp³-hybridized carbons (Fsp3) is 0.231. The van der Waals surface area contributed by atoms with Gasteiger partial charge in [-0.1, -0.05) is 24.4 Å². The number of hydrogen-bond acceptors (Lipinski definition) is 5. The van der Waals surface area contributed by atoms with E-state index in [1.54, 1.807) is 36.0 Å². The Labute approximate surface area is 133 Å². The zero-order valence-electron chi connectivity index (χ0n) is 11.2. The van der Waals surface area contributed by atoms with Gasteiger partial charge in [0.1, 0.15) is 4.21 Å². The van der Waals surface area contributed by atoms with Crippen molar-refractivity contribution in [2.24, 2.45) is 5.73 Å². The molecule has 0 aliphatic carbocycles. The van der Waals surface area contributed by atoms with Gasteiger partial charge in [-0.2, -0.15) is 4.31 Å². The van der Waals surface area contributed by atoms with Crippen molar-refractivity contribution >= 4 is 38.6 Å². The Morgan fingerprint density at radius 1 is 1.38 bits per heavy atom. The monoisotopic (exact) mass is 341 g/mol. The third-order valence-corrected chi connectivity index (χ3v) is 6.20.